The molecule has 9 heteroatoms. The molecule has 0 aromatic carbocycles. The topological polar surface area (TPSA) is 118 Å². The number of nitrogens with zero attached hydrogens (tertiary/aromatic N) is 5. The minimum absolute atomic E-state index is 0.289. The molecule has 2 heterocycles. The lowest BCUT2D eigenvalue weighted by Gasteiger charge is -2.12. The molecule has 4 N–H and O–H groups in total. The molecule has 0 saturated heterocycles. The van der Waals surface area contributed by atoms with Crippen LogP contribution in [-0.4, -0.2) is 34.2 Å². The van der Waals surface area contributed by atoms with Crippen molar-refractivity contribution in [3.8, 4) is 0 Å². The lowest BCUT2D eigenvalue weighted by molar-refractivity contribution is 0.391. The smallest absolute Gasteiger partial charge is 0.243 e. The van der Waals surface area contributed by atoms with Crippen LogP contribution in [0.3, 0.4) is 0 Å². The molecule has 0 aliphatic carbocycles. The average Bonchev–Trinajstić information content (AvgIpc) is 2.81. The van der Waals surface area contributed by atoms with E-state index in [1.165, 1.54) is 0 Å². The largest absolute Gasteiger partial charge is 0.361 e. The molecular formula is C10H16N8O. The molecule has 0 unspecified atom stereocenters. The summed E-state index contributed by atoms with van der Waals surface area (Å²) in [7, 11) is 3.67. The number of aromatic nitrogens is 4. The van der Waals surface area contributed by atoms with Gasteiger partial charge in [-0.25, -0.2) is 5.84 Å². The van der Waals surface area contributed by atoms with Gasteiger partial charge < -0.3 is 14.7 Å². The quantitative estimate of drug-likeness (QED) is 0.511. The molecule has 0 spiro atoms. The van der Waals surface area contributed by atoms with E-state index in [0.717, 1.165) is 11.5 Å². The van der Waals surface area contributed by atoms with Crippen molar-refractivity contribution < 1.29 is 4.52 Å². The molecule has 0 fully saturated rings. The van der Waals surface area contributed by atoms with Crippen molar-refractivity contribution in [1.29, 1.82) is 0 Å². The van der Waals surface area contributed by atoms with Gasteiger partial charge in [0.05, 0.1) is 6.54 Å². The van der Waals surface area contributed by atoms with Gasteiger partial charge in [-0.2, -0.15) is 15.0 Å². The van der Waals surface area contributed by atoms with Gasteiger partial charge >= 0.3 is 0 Å². The maximum atomic E-state index is 5.32. The van der Waals surface area contributed by atoms with Gasteiger partial charge in [0.2, 0.25) is 17.8 Å². The van der Waals surface area contributed by atoms with E-state index in [1.54, 1.807) is 4.90 Å². The summed E-state index contributed by atoms with van der Waals surface area (Å²) in [4.78, 5) is 14.2. The van der Waals surface area contributed by atoms with Crippen LogP contribution in [0, 0.1) is 6.92 Å². The summed E-state index contributed by atoms with van der Waals surface area (Å²) in [5.74, 6) is 7.28. The first-order valence-electron chi connectivity index (χ1n) is 5.64. The fourth-order valence-corrected chi connectivity index (χ4v) is 1.38. The third-order valence-electron chi connectivity index (χ3n) is 2.26. The zero-order valence-corrected chi connectivity index (χ0v) is 11.0. The highest BCUT2D eigenvalue weighted by Crippen LogP contribution is 2.11. The monoisotopic (exact) mass is 264 g/mol. The summed E-state index contributed by atoms with van der Waals surface area (Å²) in [6.07, 6.45) is 0. The Hall–Kier alpha value is -2.42. The predicted molar refractivity (Wildman–Crippen MR) is 70.5 cm³/mol. The van der Waals surface area contributed by atoms with E-state index < -0.39 is 0 Å². The zero-order valence-electron chi connectivity index (χ0n) is 11.0. The first kappa shape index (κ1) is 13.0. The molecule has 19 heavy (non-hydrogen) atoms. The molecule has 0 radical (unpaired) electrons. The molecular weight excluding hydrogens is 248 g/mol. The summed E-state index contributed by atoms with van der Waals surface area (Å²) < 4.78 is 4.98. The van der Waals surface area contributed by atoms with Crippen LogP contribution in [0.2, 0.25) is 0 Å². The highest BCUT2D eigenvalue weighted by molar-refractivity contribution is 5.42. The Balaban J connectivity index is 2.12. The standard InChI is InChI=1S/C10H16N8O/c1-6-4-7(17-19-6)5-12-8-13-9(16-11)15-10(14-8)18(2)3/h4H,5,11H2,1-3H3,(H2,12,13,14,15,16). The molecule has 0 amide bonds. The van der Waals surface area contributed by atoms with Crippen molar-refractivity contribution >= 4 is 17.8 Å². The number of nitrogen functional groups attached to an aromatic ring is 1. The lowest BCUT2D eigenvalue weighted by atomic mass is 10.4. The van der Waals surface area contributed by atoms with Crippen molar-refractivity contribution in [2.45, 2.75) is 13.5 Å². The molecule has 0 bridgehead atoms. The molecule has 0 aliphatic rings. The lowest BCUT2D eigenvalue weighted by Crippen LogP contribution is -2.19. The second-order valence-electron chi connectivity index (χ2n) is 4.10. The number of rotatable bonds is 5. The van der Waals surface area contributed by atoms with E-state index >= 15 is 0 Å². The van der Waals surface area contributed by atoms with Crippen molar-refractivity contribution in [2.24, 2.45) is 5.84 Å². The maximum absolute atomic E-state index is 5.32. The molecule has 0 atom stereocenters. The van der Waals surface area contributed by atoms with Crippen LogP contribution in [0.15, 0.2) is 10.6 Å². The van der Waals surface area contributed by atoms with E-state index in [4.69, 9.17) is 10.4 Å². The minimum atomic E-state index is 0.289. The number of hydrazine groups is 1. The van der Waals surface area contributed by atoms with E-state index in [-0.39, 0.29) is 5.95 Å². The Kier molecular flexibility index (Phi) is 3.76. The average molecular weight is 264 g/mol. The van der Waals surface area contributed by atoms with E-state index in [1.807, 2.05) is 27.1 Å². The molecule has 0 saturated carbocycles. The van der Waals surface area contributed by atoms with Crippen molar-refractivity contribution in [1.82, 2.24) is 20.1 Å². The molecule has 2 aromatic rings. The van der Waals surface area contributed by atoms with Crippen LogP contribution in [-0.2, 0) is 6.54 Å². The Morgan fingerprint density at radius 3 is 2.58 bits per heavy atom. The molecule has 102 valence electrons. The summed E-state index contributed by atoms with van der Waals surface area (Å²) in [5.41, 5.74) is 3.17. The third-order valence-corrected chi connectivity index (χ3v) is 2.26. The summed E-state index contributed by atoms with van der Waals surface area (Å²) in [6.45, 7) is 2.29. The van der Waals surface area contributed by atoms with Crippen LogP contribution >= 0.6 is 0 Å². The van der Waals surface area contributed by atoms with Gasteiger partial charge in [0, 0.05) is 20.2 Å². The van der Waals surface area contributed by atoms with Crippen LogP contribution in [0.25, 0.3) is 0 Å². The van der Waals surface area contributed by atoms with E-state index in [2.05, 4.69) is 30.9 Å². The number of nitrogens with one attached hydrogen (secondary N) is 2. The van der Waals surface area contributed by atoms with Crippen molar-refractivity contribution in [3.63, 3.8) is 0 Å². The van der Waals surface area contributed by atoms with Gasteiger partial charge in [0.15, 0.2) is 0 Å². The van der Waals surface area contributed by atoms with Crippen LogP contribution in [0.5, 0.6) is 0 Å². The van der Waals surface area contributed by atoms with Gasteiger partial charge in [0.1, 0.15) is 11.5 Å². The highest BCUT2D eigenvalue weighted by Gasteiger charge is 2.08. The molecule has 2 aromatic heterocycles. The van der Waals surface area contributed by atoms with Crippen molar-refractivity contribution in [2.75, 3.05) is 29.7 Å². The number of nitrogens with two attached hydrogens (primary N) is 1. The Labute approximate surface area is 110 Å². The van der Waals surface area contributed by atoms with Gasteiger partial charge in [0.25, 0.3) is 0 Å². The number of hydrogen-bond acceptors (Lipinski definition) is 9. The minimum Gasteiger partial charge on any atom is -0.361 e. The van der Waals surface area contributed by atoms with Gasteiger partial charge in [-0.3, -0.25) is 5.43 Å². The molecule has 0 aliphatic heterocycles. The predicted octanol–water partition coefficient (Wildman–Crippen LogP) is 0.132. The Morgan fingerprint density at radius 2 is 2.00 bits per heavy atom. The molecule has 9 nitrogen and oxygen atoms in total. The Morgan fingerprint density at radius 1 is 1.26 bits per heavy atom. The van der Waals surface area contributed by atoms with Crippen LogP contribution < -0.4 is 21.5 Å². The normalized spacial score (nSPS) is 10.3. The molecule has 2 rings (SSSR count). The maximum Gasteiger partial charge on any atom is 0.243 e. The third kappa shape index (κ3) is 3.28. The summed E-state index contributed by atoms with van der Waals surface area (Å²) in [6, 6.07) is 1.84. The second kappa shape index (κ2) is 5.48. The fourth-order valence-electron chi connectivity index (χ4n) is 1.38. The van der Waals surface area contributed by atoms with Gasteiger partial charge in [-0.15, -0.1) is 0 Å². The second-order valence-corrected chi connectivity index (χ2v) is 4.10. The SMILES string of the molecule is Cc1cc(CNc2nc(NN)nc(N(C)C)n2)no1. The van der Waals surface area contributed by atoms with Crippen molar-refractivity contribution in [3.05, 3.63) is 17.5 Å². The zero-order chi connectivity index (χ0) is 13.8. The van der Waals surface area contributed by atoms with Gasteiger partial charge in [-0.1, -0.05) is 5.16 Å². The number of anilines is 3. The van der Waals surface area contributed by atoms with Gasteiger partial charge in [-0.05, 0) is 6.92 Å². The first-order valence-corrected chi connectivity index (χ1v) is 5.64. The fraction of sp³-hybridized carbons (Fsp3) is 0.400. The number of aryl methyl sites for hydroxylation is 1. The van der Waals surface area contributed by atoms with E-state index in [9.17, 15) is 0 Å². The summed E-state index contributed by atoms with van der Waals surface area (Å²) >= 11 is 0. The highest BCUT2D eigenvalue weighted by atomic mass is 16.5. The van der Waals surface area contributed by atoms with E-state index in [0.29, 0.717) is 18.4 Å². The Bertz CT molecular complexity index is 552. The van der Waals surface area contributed by atoms with Crippen LogP contribution in [0.1, 0.15) is 11.5 Å². The van der Waals surface area contributed by atoms with Crippen LogP contribution in [0.4, 0.5) is 17.8 Å². The summed E-state index contributed by atoms with van der Waals surface area (Å²) in [5, 5.41) is 6.91. The number of hydrogen-bond donors (Lipinski definition) is 3. The first-order chi connectivity index (χ1) is 9.08.